The molecular weight excluding hydrogens is 314 g/mol. The summed E-state index contributed by atoms with van der Waals surface area (Å²) < 4.78 is 1.87. The first-order valence-electron chi connectivity index (χ1n) is 7.90. The molecule has 124 valence electrons. The number of nitrogens with one attached hydrogen (secondary N) is 1. The molecule has 0 atom stereocenters. The molecule has 25 heavy (non-hydrogen) atoms. The van der Waals surface area contributed by atoms with Gasteiger partial charge in [0.05, 0.1) is 11.0 Å². The van der Waals surface area contributed by atoms with Crippen LogP contribution in [0, 0.1) is 13.8 Å². The number of benzene rings is 2. The van der Waals surface area contributed by atoms with Crippen LogP contribution in [0.2, 0.25) is 0 Å². The van der Waals surface area contributed by atoms with E-state index in [9.17, 15) is 0 Å². The number of rotatable bonds is 3. The number of hydrogen-bond donors (Lipinski definition) is 2. The third-order valence-electron chi connectivity index (χ3n) is 3.88. The summed E-state index contributed by atoms with van der Waals surface area (Å²) in [5.41, 5.74) is 9.77. The molecule has 2 heterocycles. The van der Waals surface area contributed by atoms with Gasteiger partial charge in [-0.3, -0.25) is 4.57 Å². The zero-order chi connectivity index (χ0) is 17.4. The fourth-order valence-corrected chi connectivity index (χ4v) is 2.70. The zero-order valence-electron chi connectivity index (χ0n) is 13.9. The highest BCUT2D eigenvalue weighted by molar-refractivity contribution is 5.77. The van der Waals surface area contributed by atoms with Crippen molar-refractivity contribution in [2.75, 3.05) is 11.1 Å². The molecule has 0 aliphatic rings. The number of aromatic nitrogens is 5. The van der Waals surface area contributed by atoms with Gasteiger partial charge < -0.3 is 11.1 Å². The van der Waals surface area contributed by atoms with Gasteiger partial charge in [0, 0.05) is 5.69 Å². The number of nitrogens with zero attached hydrogens (tertiary/aromatic N) is 5. The Kier molecular flexibility index (Phi) is 3.53. The van der Waals surface area contributed by atoms with Crippen molar-refractivity contribution in [1.29, 1.82) is 0 Å². The minimum Gasteiger partial charge on any atom is -0.368 e. The second-order valence-corrected chi connectivity index (χ2v) is 5.79. The Morgan fingerprint density at radius 3 is 2.44 bits per heavy atom. The Balaban J connectivity index is 1.79. The van der Waals surface area contributed by atoms with Crippen LogP contribution in [0.1, 0.15) is 11.4 Å². The average Bonchev–Trinajstić information content (AvgIpc) is 2.92. The molecule has 0 saturated heterocycles. The van der Waals surface area contributed by atoms with E-state index in [0.29, 0.717) is 11.9 Å². The van der Waals surface area contributed by atoms with E-state index in [4.69, 9.17) is 5.73 Å². The molecule has 0 aliphatic carbocycles. The van der Waals surface area contributed by atoms with Crippen LogP contribution in [-0.4, -0.2) is 24.5 Å². The molecule has 0 amide bonds. The van der Waals surface area contributed by atoms with Gasteiger partial charge in [-0.15, -0.1) is 0 Å². The second-order valence-electron chi connectivity index (χ2n) is 5.79. The summed E-state index contributed by atoms with van der Waals surface area (Å²) in [6.07, 6.45) is 0. The molecule has 3 N–H and O–H groups in total. The smallest absolute Gasteiger partial charge is 0.242 e. The van der Waals surface area contributed by atoms with Crippen molar-refractivity contribution in [2.24, 2.45) is 0 Å². The lowest BCUT2D eigenvalue weighted by Gasteiger charge is -2.09. The maximum atomic E-state index is 5.90. The van der Waals surface area contributed by atoms with Gasteiger partial charge in [-0.1, -0.05) is 29.8 Å². The molecule has 7 heteroatoms. The molecule has 0 spiro atoms. The van der Waals surface area contributed by atoms with E-state index >= 15 is 0 Å². The van der Waals surface area contributed by atoms with Crippen molar-refractivity contribution >= 4 is 28.6 Å². The van der Waals surface area contributed by atoms with Crippen molar-refractivity contribution in [3.05, 3.63) is 59.9 Å². The van der Waals surface area contributed by atoms with Crippen molar-refractivity contribution in [1.82, 2.24) is 24.5 Å². The van der Waals surface area contributed by atoms with Crippen molar-refractivity contribution in [2.45, 2.75) is 13.8 Å². The number of nitrogen functional groups attached to an aromatic ring is 1. The van der Waals surface area contributed by atoms with Gasteiger partial charge in [0.2, 0.25) is 17.8 Å². The number of aryl methyl sites for hydroxylation is 2. The van der Waals surface area contributed by atoms with Crippen LogP contribution in [0.5, 0.6) is 0 Å². The van der Waals surface area contributed by atoms with Gasteiger partial charge in [-0.2, -0.15) is 15.0 Å². The quantitative estimate of drug-likeness (QED) is 0.599. The Labute approximate surface area is 144 Å². The lowest BCUT2D eigenvalue weighted by Crippen LogP contribution is -2.10. The molecule has 4 rings (SSSR count). The second kappa shape index (κ2) is 5.86. The van der Waals surface area contributed by atoms with Gasteiger partial charge in [0.1, 0.15) is 5.82 Å². The number of anilines is 3. The predicted molar refractivity (Wildman–Crippen MR) is 98.1 cm³/mol. The Hall–Kier alpha value is -3.48. The fraction of sp³-hybridized carbons (Fsp3) is 0.111. The maximum Gasteiger partial charge on any atom is 0.242 e. The van der Waals surface area contributed by atoms with E-state index in [1.54, 1.807) is 0 Å². The first-order chi connectivity index (χ1) is 12.1. The number of hydrogen-bond acceptors (Lipinski definition) is 6. The van der Waals surface area contributed by atoms with Crippen molar-refractivity contribution in [3.8, 4) is 5.95 Å². The van der Waals surface area contributed by atoms with E-state index in [1.165, 1.54) is 5.56 Å². The summed E-state index contributed by atoms with van der Waals surface area (Å²) in [6.45, 7) is 3.95. The predicted octanol–water partition coefficient (Wildman–Crippen LogP) is 3.15. The van der Waals surface area contributed by atoms with Gasteiger partial charge >= 0.3 is 0 Å². The van der Waals surface area contributed by atoms with Crippen LogP contribution in [0.3, 0.4) is 0 Å². The maximum absolute atomic E-state index is 5.90. The SMILES string of the molecule is Cc1ccc(Nc2nc(N)nc(-n3c(C)nc4ccccc43)n2)cc1. The minimum atomic E-state index is 0.150. The van der Waals surface area contributed by atoms with Crippen LogP contribution in [0.15, 0.2) is 48.5 Å². The first kappa shape index (κ1) is 15.1. The molecular formula is C18H17N7. The summed E-state index contributed by atoms with van der Waals surface area (Å²) in [5, 5.41) is 3.17. The van der Waals surface area contributed by atoms with Gasteiger partial charge in [-0.25, -0.2) is 4.98 Å². The number of imidazole rings is 1. The van der Waals surface area contributed by atoms with Gasteiger partial charge in [0.25, 0.3) is 0 Å². The summed E-state index contributed by atoms with van der Waals surface area (Å²) >= 11 is 0. The van der Waals surface area contributed by atoms with E-state index in [0.717, 1.165) is 22.5 Å². The van der Waals surface area contributed by atoms with Crippen LogP contribution in [0.4, 0.5) is 17.6 Å². The summed E-state index contributed by atoms with van der Waals surface area (Å²) in [6, 6.07) is 15.8. The minimum absolute atomic E-state index is 0.150. The standard InChI is InChI=1S/C18H17N7/c1-11-7-9-13(10-8-11)21-17-22-16(19)23-18(24-17)25-12(2)20-14-5-3-4-6-15(14)25/h3-10H,1-2H3,(H3,19,21,22,23,24). The molecule has 2 aromatic carbocycles. The van der Waals surface area contributed by atoms with Crippen LogP contribution in [-0.2, 0) is 0 Å². The highest BCUT2D eigenvalue weighted by atomic mass is 15.3. The Morgan fingerprint density at radius 1 is 0.880 bits per heavy atom. The largest absolute Gasteiger partial charge is 0.368 e. The highest BCUT2D eigenvalue weighted by Crippen LogP contribution is 2.21. The average molecular weight is 331 g/mol. The van der Waals surface area contributed by atoms with Gasteiger partial charge in [0.15, 0.2) is 0 Å². The lowest BCUT2D eigenvalue weighted by atomic mass is 10.2. The lowest BCUT2D eigenvalue weighted by molar-refractivity contribution is 0.890. The fourth-order valence-electron chi connectivity index (χ4n) is 2.70. The van der Waals surface area contributed by atoms with Crippen molar-refractivity contribution in [3.63, 3.8) is 0 Å². The molecule has 0 fully saturated rings. The molecule has 2 aromatic heterocycles. The van der Waals surface area contributed by atoms with Crippen LogP contribution in [0.25, 0.3) is 17.0 Å². The Morgan fingerprint density at radius 2 is 1.64 bits per heavy atom. The Bertz CT molecular complexity index is 1050. The molecule has 0 bridgehead atoms. The topological polar surface area (TPSA) is 94.5 Å². The van der Waals surface area contributed by atoms with E-state index < -0.39 is 0 Å². The number of fused-ring (bicyclic) bond motifs is 1. The van der Waals surface area contributed by atoms with E-state index in [2.05, 4.69) is 25.3 Å². The summed E-state index contributed by atoms with van der Waals surface area (Å²) in [4.78, 5) is 17.5. The number of para-hydroxylation sites is 2. The molecule has 0 unspecified atom stereocenters. The molecule has 0 saturated carbocycles. The highest BCUT2D eigenvalue weighted by Gasteiger charge is 2.13. The normalized spacial score (nSPS) is 11.0. The molecule has 0 aliphatic heterocycles. The third kappa shape index (κ3) is 2.87. The molecule has 0 radical (unpaired) electrons. The monoisotopic (exact) mass is 331 g/mol. The molecule has 4 aromatic rings. The van der Waals surface area contributed by atoms with E-state index in [-0.39, 0.29) is 5.95 Å². The van der Waals surface area contributed by atoms with Gasteiger partial charge in [-0.05, 0) is 38.1 Å². The molecule has 7 nitrogen and oxygen atoms in total. The summed E-state index contributed by atoms with van der Waals surface area (Å²) in [7, 11) is 0. The number of nitrogens with two attached hydrogens (primary N) is 1. The van der Waals surface area contributed by atoms with Crippen molar-refractivity contribution < 1.29 is 0 Å². The van der Waals surface area contributed by atoms with Crippen LogP contribution >= 0.6 is 0 Å². The first-order valence-corrected chi connectivity index (χ1v) is 7.90. The van der Waals surface area contributed by atoms with Crippen LogP contribution < -0.4 is 11.1 Å². The summed E-state index contributed by atoms with van der Waals surface area (Å²) in [5.74, 6) is 1.77. The third-order valence-corrected chi connectivity index (χ3v) is 3.88. The zero-order valence-corrected chi connectivity index (χ0v) is 13.9. The van der Waals surface area contributed by atoms with E-state index in [1.807, 2.05) is 66.9 Å².